The molecular formula is C40H58Cl2N10O9. The molecule has 1 aliphatic rings. The molecule has 0 radical (unpaired) electrons. The van der Waals surface area contributed by atoms with Gasteiger partial charge in [0.05, 0.1) is 13.0 Å². The number of hydrogen-bond acceptors (Lipinski definition) is 10. The number of nitrogens with zero attached hydrogens (tertiary/aromatic N) is 3. The summed E-state index contributed by atoms with van der Waals surface area (Å²) in [7, 11) is 1.42. The molecule has 12 N–H and O–H groups in total. The Morgan fingerprint density at radius 2 is 1.46 bits per heavy atom. The van der Waals surface area contributed by atoms with Crippen molar-refractivity contribution >= 4 is 76.3 Å². The zero-order valence-corrected chi connectivity index (χ0v) is 36.0. The molecule has 2 aromatic rings. The molecule has 0 aromatic heterocycles. The third-order valence-electron chi connectivity index (χ3n) is 9.38. The van der Waals surface area contributed by atoms with Crippen molar-refractivity contribution in [1.82, 2.24) is 26.2 Å². The van der Waals surface area contributed by atoms with Crippen molar-refractivity contribution in [3.05, 3.63) is 65.7 Å². The second-order valence-electron chi connectivity index (χ2n) is 14.5. The number of likely N-dealkylation sites (N-methyl/N-ethyl adjacent to an activating group) is 1. The molecule has 0 saturated carbocycles. The fourth-order valence-corrected chi connectivity index (χ4v) is 6.75. The smallest absolute Gasteiger partial charge is 0.320 e. The summed E-state index contributed by atoms with van der Waals surface area (Å²) in [5.41, 5.74) is 18.8. The van der Waals surface area contributed by atoms with Gasteiger partial charge >= 0.3 is 11.9 Å². The lowest BCUT2D eigenvalue weighted by Gasteiger charge is -2.34. The van der Waals surface area contributed by atoms with E-state index in [-0.39, 0.29) is 25.3 Å². The monoisotopic (exact) mass is 892 g/mol. The van der Waals surface area contributed by atoms with Crippen LogP contribution in [0.4, 0.5) is 5.69 Å². The Morgan fingerprint density at radius 1 is 0.852 bits per heavy atom. The first-order valence-electron chi connectivity index (χ1n) is 19.6. The molecule has 1 saturated heterocycles. The number of guanidine groups is 1. The summed E-state index contributed by atoms with van der Waals surface area (Å²) in [5.74, 6) is -5.51. The molecule has 0 spiro atoms. The summed E-state index contributed by atoms with van der Waals surface area (Å²) < 4.78 is 0. The van der Waals surface area contributed by atoms with Gasteiger partial charge in [0.1, 0.15) is 30.2 Å². The van der Waals surface area contributed by atoms with E-state index in [2.05, 4.69) is 31.2 Å². The van der Waals surface area contributed by atoms with Crippen molar-refractivity contribution < 1.29 is 43.8 Å². The van der Waals surface area contributed by atoms with E-state index in [0.717, 1.165) is 24.3 Å². The third-order valence-corrected chi connectivity index (χ3v) is 9.72. The molecule has 5 amide bonds. The van der Waals surface area contributed by atoms with Gasteiger partial charge in [-0.3, -0.25) is 38.6 Å². The Kier molecular flexibility index (Phi) is 22.4. The predicted octanol–water partition coefficient (Wildman–Crippen LogP) is -0.250. The summed E-state index contributed by atoms with van der Waals surface area (Å²) >= 11 is 11.5. The molecule has 0 aliphatic carbocycles. The molecule has 336 valence electrons. The van der Waals surface area contributed by atoms with Crippen LogP contribution in [0.15, 0.2) is 59.6 Å². The molecule has 1 heterocycles. The number of rotatable bonds is 17. The quantitative estimate of drug-likeness (QED) is 0.0429. The highest BCUT2D eigenvalue weighted by molar-refractivity contribution is 6.18. The van der Waals surface area contributed by atoms with Crippen molar-refractivity contribution in [3.63, 3.8) is 0 Å². The zero-order valence-electron chi connectivity index (χ0n) is 34.5. The summed E-state index contributed by atoms with van der Waals surface area (Å²) in [6.07, 6.45) is -0.00170. The molecular weight excluding hydrogens is 835 g/mol. The maximum absolute atomic E-state index is 13.8. The van der Waals surface area contributed by atoms with Gasteiger partial charge in [0.25, 0.3) is 0 Å². The molecule has 61 heavy (non-hydrogen) atoms. The number of hydrogen-bond donors (Lipinski definition) is 9. The molecule has 21 heteroatoms. The highest BCUT2D eigenvalue weighted by Gasteiger charge is 2.37. The fourth-order valence-electron chi connectivity index (χ4n) is 6.34. The number of aliphatic carboxylic acids is 2. The van der Waals surface area contributed by atoms with Gasteiger partial charge < -0.3 is 58.5 Å². The fraction of sp³-hybridized carbons (Fsp3) is 0.500. The van der Waals surface area contributed by atoms with Gasteiger partial charge in [0.15, 0.2) is 5.96 Å². The first-order valence-corrected chi connectivity index (χ1v) is 20.6. The minimum absolute atomic E-state index is 0.0311. The van der Waals surface area contributed by atoms with Gasteiger partial charge in [-0.15, -0.1) is 23.2 Å². The van der Waals surface area contributed by atoms with E-state index in [0.29, 0.717) is 30.2 Å². The van der Waals surface area contributed by atoms with Crippen molar-refractivity contribution in [2.45, 2.75) is 76.2 Å². The lowest BCUT2D eigenvalue weighted by Crippen LogP contribution is -2.59. The van der Waals surface area contributed by atoms with Gasteiger partial charge in [-0.1, -0.05) is 56.3 Å². The highest BCUT2D eigenvalue weighted by atomic mass is 35.5. The molecule has 19 nitrogen and oxygen atoms in total. The Balaban J connectivity index is 0.000000561. The maximum atomic E-state index is 13.8. The van der Waals surface area contributed by atoms with E-state index in [1.807, 2.05) is 24.3 Å². The van der Waals surface area contributed by atoms with Crippen LogP contribution in [-0.2, 0) is 46.4 Å². The predicted molar refractivity (Wildman–Crippen MR) is 232 cm³/mol. The van der Waals surface area contributed by atoms with Gasteiger partial charge in [0.2, 0.25) is 29.5 Å². The van der Waals surface area contributed by atoms with Gasteiger partial charge in [-0.2, -0.15) is 0 Å². The molecule has 1 fully saturated rings. The zero-order chi connectivity index (χ0) is 45.6. The maximum Gasteiger partial charge on any atom is 0.320 e. The number of anilines is 1. The number of aliphatic imine (C=N–C) groups is 1. The molecule has 2 aromatic carbocycles. The first-order chi connectivity index (χ1) is 28.9. The number of carboxylic acid groups (broad SMARTS) is 2. The number of halogens is 2. The van der Waals surface area contributed by atoms with E-state index in [9.17, 15) is 38.7 Å². The molecule has 0 unspecified atom stereocenters. The largest absolute Gasteiger partial charge is 0.481 e. The van der Waals surface area contributed by atoms with Crippen molar-refractivity contribution in [3.8, 4) is 0 Å². The summed E-state index contributed by atoms with van der Waals surface area (Å²) in [6.45, 7) is 4.49. The lowest BCUT2D eigenvalue weighted by atomic mass is 9.98. The topological polar surface area (TPSA) is 305 Å². The number of nitrogens with one attached hydrogen (secondary N) is 4. The number of amides is 5. The third kappa shape index (κ3) is 18.2. The molecule has 0 bridgehead atoms. The van der Waals surface area contributed by atoms with Crippen LogP contribution in [0.5, 0.6) is 0 Å². The van der Waals surface area contributed by atoms with Crippen LogP contribution in [0.25, 0.3) is 0 Å². The molecule has 3 rings (SSSR count). The number of alkyl halides is 2. The van der Waals surface area contributed by atoms with E-state index < -0.39 is 90.6 Å². The van der Waals surface area contributed by atoms with E-state index >= 15 is 0 Å². The Hall–Kier alpha value is -5.66. The first kappa shape index (κ1) is 51.5. The van der Waals surface area contributed by atoms with Crippen LogP contribution in [0.3, 0.4) is 0 Å². The summed E-state index contributed by atoms with van der Waals surface area (Å²) in [5, 5.41) is 28.1. The lowest BCUT2D eigenvalue weighted by molar-refractivity contribution is -0.144. The second kappa shape index (κ2) is 26.5. The van der Waals surface area contributed by atoms with E-state index in [1.54, 1.807) is 44.2 Å². The van der Waals surface area contributed by atoms with Crippen molar-refractivity contribution in [1.29, 1.82) is 0 Å². The highest BCUT2D eigenvalue weighted by Crippen LogP contribution is 2.17. The minimum Gasteiger partial charge on any atom is -0.481 e. The van der Waals surface area contributed by atoms with Crippen LogP contribution in [0.1, 0.15) is 44.2 Å². The average molecular weight is 894 g/mol. The SMILES string of the molecule is CC(C)[C@H]1C(=O)N[C@@H](CCCN=C(N)N)C(=O)NCC(=O)N[C@@H](CC(=O)O)C(=O)N[C@H](Cc2ccccc2)C(=O)N1C.N[C@@H](Cc1ccc(N(CCCl)CCCl)cc1)C(=O)O. The number of carbonyl (C=O) groups is 7. The number of carbonyl (C=O) groups excluding carboxylic acids is 5. The van der Waals surface area contributed by atoms with Gasteiger partial charge in [0, 0.05) is 50.6 Å². The van der Waals surface area contributed by atoms with Crippen LogP contribution in [0.2, 0.25) is 0 Å². The summed E-state index contributed by atoms with van der Waals surface area (Å²) in [4.78, 5) is 95.6. The second-order valence-corrected chi connectivity index (χ2v) is 15.3. The van der Waals surface area contributed by atoms with E-state index in [1.165, 1.54) is 11.9 Å². The van der Waals surface area contributed by atoms with Crippen LogP contribution >= 0.6 is 23.2 Å². The molecule has 5 atom stereocenters. The average Bonchev–Trinajstić information content (AvgIpc) is 3.20. The van der Waals surface area contributed by atoms with Crippen LogP contribution in [-0.4, -0.2) is 138 Å². The Morgan fingerprint density at radius 3 is 2.00 bits per heavy atom. The van der Waals surface area contributed by atoms with Gasteiger partial charge in [-0.25, -0.2) is 0 Å². The van der Waals surface area contributed by atoms with Gasteiger partial charge in [-0.05, 0) is 48.4 Å². The molecule has 1 aliphatic heterocycles. The number of nitrogens with two attached hydrogens (primary N) is 3. The van der Waals surface area contributed by atoms with Crippen molar-refractivity contribution in [2.24, 2.45) is 28.1 Å². The Bertz CT molecular complexity index is 1790. The Labute approximate surface area is 365 Å². The minimum atomic E-state index is -1.54. The van der Waals surface area contributed by atoms with Crippen LogP contribution < -0.4 is 43.4 Å². The van der Waals surface area contributed by atoms with Crippen LogP contribution in [0, 0.1) is 5.92 Å². The number of benzene rings is 2. The normalized spacial score (nSPS) is 19.4. The summed E-state index contributed by atoms with van der Waals surface area (Å²) in [6, 6.07) is 10.7. The van der Waals surface area contributed by atoms with E-state index in [4.69, 9.17) is 45.5 Å². The standard InChI is InChI=1S/C27H40N8O7.C13H18Cl2N2O2/c1-15(2)22-25(41)33-17(10-7-11-30-27(28)29)23(39)31-14-20(36)32-18(13-21(37)38)24(40)34-19(26(42)35(22)3)12-16-8-5-4-6-9-16;14-5-7-17(8-6-15)11-3-1-10(2-4-11)9-12(16)13(18)19/h4-6,8-9,15,17-19,22H,7,10-14H2,1-3H3,(H,31,39)(H,32,36)(H,33,41)(H,34,40)(H,37,38)(H4,28,29,30);1-4,12H,5-9,16H2,(H,18,19)/t17-,18-,19+,22-;12-/m00/s1. The van der Waals surface area contributed by atoms with Crippen molar-refractivity contribution in [2.75, 3.05) is 49.9 Å². The number of carboxylic acids is 2.